The molecule has 0 radical (unpaired) electrons. The fraction of sp³-hybridized carbons (Fsp3) is 0.368. The summed E-state index contributed by atoms with van der Waals surface area (Å²) in [5, 5.41) is 0. The fourth-order valence-electron chi connectivity index (χ4n) is 3.04. The number of rotatable bonds is 5. The van der Waals surface area contributed by atoms with Crippen molar-refractivity contribution in [2.24, 2.45) is 0 Å². The van der Waals surface area contributed by atoms with E-state index in [1.807, 2.05) is 18.2 Å². The van der Waals surface area contributed by atoms with E-state index in [9.17, 15) is 4.39 Å². The average Bonchev–Trinajstić information content (AvgIpc) is 2.62. The van der Waals surface area contributed by atoms with Crippen LogP contribution in [0.15, 0.2) is 42.5 Å². The smallest absolute Gasteiger partial charge is 0.165 e. The standard InChI is InChI=1S/C19H23FN2O2/c1-23-17-5-3-4-16(13-17)22-10-8-21(9-11-22)14-15-6-7-19(24-2)18(20)12-15/h3-7,12-13H,8-11,14H2,1-2H3. The number of hydrogen-bond donors (Lipinski definition) is 0. The summed E-state index contributed by atoms with van der Waals surface area (Å²) in [6, 6.07) is 13.3. The van der Waals surface area contributed by atoms with Crippen molar-refractivity contribution in [3.05, 3.63) is 53.8 Å². The van der Waals surface area contributed by atoms with E-state index in [4.69, 9.17) is 9.47 Å². The van der Waals surface area contributed by atoms with Gasteiger partial charge in [0.05, 0.1) is 14.2 Å². The number of nitrogens with zero attached hydrogens (tertiary/aromatic N) is 2. The summed E-state index contributed by atoms with van der Waals surface area (Å²) in [5.41, 5.74) is 2.16. The third kappa shape index (κ3) is 3.79. The van der Waals surface area contributed by atoms with Crippen LogP contribution in [-0.2, 0) is 6.54 Å². The van der Waals surface area contributed by atoms with Gasteiger partial charge in [0.2, 0.25) is 0 Å². The van der Waals surface area contributed by atoms with E-state index in [1.165, 1.54) is 12.8 Å². The molecule has 1 aliphatic heterocycles. The summed E-state index contributed by atoms with van der Waals surface area (Å²) >= 11 is 0. The van der Waals surface area contributed by atoms with Crippen molar-refractivity contribution in [2.75, 3.05) is 45.3 Å². The van der Waals surface area contributed by atoms with Gasteiger partial charge in [0.15, 0.2) is 11.6 Å². The number of ether oxygens (including phenoxy) is 2. The van der Waals surface area contributed by atoms with Crippen LogP contribution in [0.4, 0.5) is 10.1 Å². The minimum absolute atomic E-state index is 0.293. The molecule has 1 fully saturated rings. The molecule has 0 N–H and O–H groups in total. The SMILES string of the molecule is COc1cccc(N2CCN(Cc3ccc(OC)c(F)c3)CC2)c1. The number of anilines is 1. The molecule has 0 unspecified atom stereocenters. The van der Waals surface area contributed by atoms with Gasteiger partial charge in [-0.15, -0.1) is 0 Å². The van der Waals surface area contributed by atoms with Crippen LogP contribution in [0.2, 0.25) is 0 Å². The molecule has 128 valence electrons. The van der Waals surface area contributed by atoms with Crippen LogP contribution < -0.4 is 14.4 Å². The van der Waals surface area contributed by atoms with E-state index < -0.39 is 0 Å². The van der Waals surface area contributed by atoms with Gasteiger partial charge in [0.25, 0.3) is 0 Å². The van der Waals surface area contributed by atoms with Crippen LogP contribution in [-0.4, -0.2) is 45.3 Å². The second-order valence-corrected chi connectivity index (χ2v) is 5.93. The van der Waals surface area contributed by atoms with Crippen molar-refractivity contribution in [2.45, 2.75) is 6.54 Å². The number of benzene rings is 2. The fourth-order valence-corrected chi connectivity index (χ4v) is 3.04. The molecule has 0 atom stereocenters. The Balaban J connectivity index is 1.58. The summed E-state index contributed by atoms with van der Waals surface area (Å²) < 4.78 is 24.1. The second kappa shape index (κ2) is 7.53. The zero-order valence-corrected chi connectivity index (χ0v) is 14.2. The molecule has 2 aromatic carbocycles. The molecule has 1 aliphatic rings. The molecule has 0 saturated carbocycles. The van der Waals surface area contributed by atoms with Gasteiger partial charge in [-0.05, 0) is 29.8 Å². The molecule has 4 nitrogen and oxygen atoms in total. The topological polar surface area (TPSA) is 24.9 Å². The number of hydrogen-bond acceptors (Lipinski definition) is 4. The predicted octanol–water partition coefficient (Wildman–Crippen LogP) is 3.17. The molecule has 2 aromatic rings. The molecular formula is C19H23FN2O2. The third-order valence-electron chi connectivity index (χ3n) is 4.41. The van der Waals surface area contributed by atoms with Crippen LogP contribution >= 0.6 is 0 Å². The van der Waals surface area contributed by atoms with Gasteiger partial charge in [-0.2, -0.15) is 0 Å². The minimum Gasteiger partial charge on any atom is -0.497 e. The molecule has 3 rings (SSSR count). The molecule has 0 bridgehead atoms. The van der Waals surface area contributed by atoms with Crippen molar-refractivity contribution in [3.8, 4) is 11.5 Å². The maximum atomic E-state index is 13.8. The van der Waals surface area contributed by atoms with E-state index >= 15 is 0 Å². The van der Waals surface area contributed by atoms with E-state index in [-0.39, 0.29) is 5.82 Å². The minimum atomic E-state index is -0.301. The molecule has 1 heterocycles. The first kappa shape index (κ1) is 16.6. The molecule has 24 heavy (non-hydrogen) atoms. The van der Waals surface area contributed by atoms with E-state index in [2.05, 4.69) is 21.9 Å². The maximum absolute atomic E-state index is 13.8. The zero-order valence-electron chi connectivity index (χ0n) is 14.2. The monoisotopic (exact) mass is 330 g/mol. The highest BCUT2D eigenvalue weighted by atomic mass is 19.1. The molecule has 5 heteroatoms. The summed E-state index contributed by atoms with van der Waals surface area (Å²) in [6.45, 7) is 4.56. The molecular weight excluding hydrogens is 307 g/mol. The zero-order chi connectivity index (χ0) is 16.9. The van der Waals surface area contributed by atoms with Gasteiger partial charge in [-0.25, -0.2) is 4.39 Å². The van der Waals surface area contributed by atoms with Gasteiger partial charge in [0, 0.05) is 44.5 Å². The van der Waals surface area contributed by atoms with Crippen LogP contribution in [0, 0.1) is 5.82 Å². The van der Waals surface area contributed by atoms with E-state index in [1.54, 1.807) is 19.2 Å². The Hall–Kier alpha value is -2.27. The van der Waals surface area contributed by atoms with E-state index in [0.717, 1.165) is 44.0 Å². The Morgan fingerprint density at radius 2 is 1.75 bits per heavy atom. The first-order valence-corrected chi connectivity index (χ1v) is 8.13. The Bertz CT molecular complexity index is 685. The van der Waals surface area contributed by atoms with Crippen molar-refractivity contribution in [1.29, 1.82) is 0 Å². The number of methoxy groups -OCH3 is 2. The van der Waals surface area contributed by atoms with Gasteiger partial charge in [-0.3, -0.25) is 4.90 Å². The van der Waals surface area contributed by atoms with Gasteiger partial charge in [-0.1, -0.05) is 12.1 Å². The molecule has 0 aliphatic carbocycles. The summed E-state index contributed by atoms with van der Waals surface area (Å²) in [4.78, 5) is 4.70. The maximum Gasteiger partial charge on any atom is 0.165 e. The molecule has 0 aromatic heterocycles. The Kier molecular flexibility index (Phi) is 5.20. The quantitative estimate of drug-likeness (QED) is 0.841. The van der Waals surface area contributed by atoms with Crippen LogP contribution in [0.3, 0.4) is 0 Å². The lowest BCUT2D eigenvalue weighted by atomic mass is 10.1. The van der Waals surface area contributed by atoms with Crippen LogP contribution in [0.25, 0.3) is 0 Å². The molecule has 0 amide bonds. The van der Waals surface area contributed by atoms with Gasteiger partial charge < -0.3 is 14.4 Å². The van der Waals surface area contributed by atoms with Gasteiger partial charge >= 0.3 is 0 Å². The largest absolute Gasteiger partial charge is 0.497 e. The average molecular weight is 330 g/mol. The highest BCUT2D eigenvalue weighted by Crippen LogP contribution is 2.23. The Morgan fingerprint density at radius 3 is 2.42 bits per heavy atom. The summed E-state index contributed by atoms with van der Waals surface area (Å²) in [7, 11) is 3.17. The number of piperazine rings is 1. The van der Waals surface area contributed by atoms with Crippen molar-refractivity contribution in [1.82, 2.24) is 4.90 Å². The highest BCUT2D eigenvalue weighted by Gasteiger charge is 2.18. The van der Waals surface area contributed by atoms with Gasteiger partial charge in [0.1, 0.15) is 5.75 Å². The first-order chi connectivity index (χ1) is 11.7. The van der Waals surface area contributed by atoms with Crippen LogP contribution in [0.5, 0.6) is 11.5 Å². The molecule has 1 saturated heterocycles. The van der Waals surface area contributed by atoms with Crippen molar-refractivity contribution in [3.63, 3.8) is 0 Å². The van der Waals surface area contributed by atoms with Crippen LogP contribution in [0.1, 0.15) is 5.56 Å². The number of halogens is 1. The first-order valence-electron chi connectivity index (χ1n) is 8.13. The lowest BCUT2D eigenvalue weighted by Crippen LogP contribution is -2.45. The summed E-state index contributed by atoms with van der Waals surface area (Å²) in [6.07, 6.45) is 0. The van der Waals surface area contributed by atoms with Crippen molar-refractivity contribution < 1.29 is 13.9 Å². The Labute approximate surface area is 142 Å². The third-order valence-corrected chi connectivity index (χ3v) is 4.41. The molecule has 0 spiro atoms. The van der Waals surface area contributed by atoms with E-state index in [0.29, 0.717) is 5.75 Å². The second-order valence-electron chi connectivity index (χ2n) is 5.93. The normalized spacial score (nSPS) is 15.4. The lowest BCUT2D eigenvalue weighted by molar-refractivity contribution is 0.249. The predicted molar refractivity (Wildman–Crippen MR) is 93.4 cm³/mol. The summed E-state index contributed by atoms with van der Waals surface area (Å²) in [5.74, 6) is 0.871. The Morgan fingerprint density at radius 1 is 0.958 bits per heavy atom. The van der Waals surface area contributed by atoms with Crippen molar-refractivity contribution >= 4 is 5.69 Å². The highest BCUT2D eigenvalue weighted by molar-refractivity contribution is 5.51. The lowest BCUT2D eigenvalue weighted by Gasteiger charge is -2.36.